The lowest BCUT2D eigenvalue weighted by molar-refractivity contribution is -0.114. The maximum absolute atomic E-state index is 12.2. The van der Waals surface area contributed by atoms with Gasteiger partial charge in [0.2, 0.25) is 5.91 Å². The predicted octanol–water partition coefficient (Wildman–Crippen LogP) is 3.05. The Morgan fingerprint density at radius 2 is 1.96 bits per heavy atom. The van der Waals surface area contributed by atoms with Gasteiger partial charge in [0.15, 0.2) is 0 Å². The van der Waals surface area contributed by atoms with Crippen LogP contribution in [0.15, 0.2) is 61.2 Å². The van der Waals surface area contributed by atoms with E-state index in [0.29, 0.717) is 30.2 Å². The van der Waals surface area contributed by atoms with Crippen LogP contribution in [0.25, 0.3) is 0 Å². The highest BCUT2D eigenvalue weighted by Crippen LogP contribution is 2.23. The number of benzene rings is 2. The summed E-state index contributed by atoms with van der Waals surface area (Å²) in [6.07, 6.45) is 1.66. The molecule has 2 aromatic carbocycles. The lowest BCUT2D eigenvalue weighted by Gasteiger charge is -2.12. The monoisotopic (exact) mass is 353 g/mol. The molecule has 0 radical (unpaired) electrons. The quantitative estimate of drug-likeness (QED) is 0.606. The van der Waals surface area contributed by atoms with Crippen molar-refractivity contribution in [1.29, 1.82) is 0 Å². The molecule has 0 saturated heterocycles. The van der Waals surface area contributed by atoms with E-state index < -0.39 is 0 Å². The number of amides is 2. The molecule has 136 valence electrons. The van der Waals surface area contributed by atoms with Crippen molar-refractivity contribution in [1.82, 2.24) is 5.32 Å². The Morgan fingerprint density at radius 1 is 1.15 bits per heavy atom. The molecule has 6 heteroatoms. The Hall–Kier alpha value is -3.28. The van der Waals surface area contributed by atoms with Crippen molar-refractivity contribution in [3.8, 4) is 5.75 Å². The predicted molar refractivity (Wildman–Crippen MR) is 104 cm³/mol. The lowest BCUT2D eigenvalue weighted by atomic mass is 10.2. The van der Waals surface area contributed by atoms with Gasteiger partial charge in [-0.05, 0) is 37.3 Å². The third-order valence-corrected chi connectivity index (χ3v) is 3.43. The molecule has 0 fully saturated rings. The molecule has 0 aromatic heterocycles. The molecule has 3 N–H and O–H groups in total. The van der Waals surface area contributed by atoms with E-state index in [1.807, 2.05) is 31.2 Å². The number of hydrogen-bond acceptors (Lipinski definition) is 4. The summed E-state index contributed by atoms with van der Waals surface area (Å²) in [7, 11) is 0. The molecule has 2 rings (SSSR count). The van der Waals surface area contributed by atoms with Gasteiger partial charge in [-0.25, -0.2) is 0 Å². The summed E-state index contributed by atoms with van der Waals surface area (Å²) in [5.74, 6) is 0.255. The van der Waals surface area contributed by atoms with E-state index in [1.165, 1.54) is 0 Å². The topological polar surface area (TPSA) is 79.5 Å². The summed E-state index contributed by atoms with van der Waals surface area (Å²) in [5.41, 5.74) is 1.79. The van der Waals surface area contributed by atoms with E-state index in [-0.39, 0.29) is 18.4 Å². The molecule has 0 aliphatic rings. The highest BCUT2D eigenvalue weighted by atomic mass is 16.5. The first-order valence-corrected chi connectivity index (χ1v) is 8.38. The molecule has 0 unspecified atom stereocenters. The fourth-order valence-electron chi connectivity index (χ4n) is 2.27. The summed E-state index contributed by atoms with van der Waals surface area (Å²) in [6, 6.07) is 14.2. The van der Waals surface area contributed by atoms with Gasteiger partial charge in [-0.2, -0.15) is 0 Å². The standard InChI is InChI=1S/C20H23N3O3/c1-3-12-26-18-11-6-5-10-17(18)22-14-19(24)23-16-9-7-8-15(13-16)20(25)21-4-2/h3,5-11,13,22H,1,4,12,14H2,2H3,(H,21,25)(H,23,24). The van der Waals surface area contributed by atoms with Gasteiger partial charge in [-0.3, -0.25) is 9.59 Å². The van der Waals surface area contributed by atoms with Crippen LogP contribution in [0.3, 0.4) is 0 Å². The first-order valence-electron chi connectivity index (χ1n) is 8.38. The number of anilines is 2. The molecule has 2 aromatic rings. The molecule has 0 spiro atoms. The lowest BCUT2D eigenvalue weighted by Crippen LogP contribution is -2.24. The zero-order chi connectivity index (χ0) is 18.8. The largest absolute Gasteiger partial charge is 0.487 e. The average molecular weight is 353 g/mol. The number of carbonyl (C=O) groups is 2. The van der Waals surface area contributed by atoms with Crippen LogP contribution in [-0.2, 0) is 4.79 Å². The van der Waals surface area contributed by atoms with Gasteiger partial charge >= 0.3 is 0 Å². The van der Waals surface area contributed by atoms with Crippen LogP contribution in [0.2, 0.25) is 0 Å². The van der Waals surface area contributed by atoms with E-state index in [0.717, 1.165) is 5.69 Å². The Balaban J connectivity index is 1.94. The van der Waals surface area contributed by atoms with Crippen LogP contribution in [0.5, 0.6) is 5.75 Å². The molecule has 6 nitrogen and oxygen atoms in total. The maximum atomic E-state index is 12.2. The van der Waals surface area contributed by atoms with Gasteiger partial charge in [0.05, 0.1) is 12.2 Å². The van der Waals surface area contributed by atoms with Crippen LogP contribution < -0.4 is 20.7 Å². The number of ether oxygens (including phenoxy) is 1. The van der Waals surface area contributed by atoms with Gasteiger partial charge in [-0.1, -0.05) is 30.9 Å². The van der Waals surface area contributed by atoms with Crippen LogP contribution in [0, 0.1) is 0 Å². The number of hydrogen-bond donors (Lipinski definition) is 3. The summed E-state index contributed by atoms with van der Waals surface area (Å²) < 4.78 is 5.55. The zero-order valence-corrected chi connectivity index (χ0v) is 14.7. The van der Waals surface area contributed by atoms with Crippen molar-refractivity contribution in [2.45, 2.75) is 6.92 Å². The van der Waals surface area contributed by atoms with Gasteiger partial charge < -0.3 is 20.7 Å². The second-order valence-electron chi connectivity index (χ2n) is 5.44. The zero-order valence-electron chi connectivity index (χ0n) is 14.7. The maximum Gasteiger partial charge on any atom is 0.251 e. The molecule has 0 aliphatic heterocycles. The van der Waals surface area contributed by atoms with E-state index in [4.69, 9.17) is 4.74 Å². The third-order valence-electron chi connectivity index (χ3n) is 3.43. The summed E-state index contributed by atoms with van der Waals surface area (Å²) in [4.78, 5) is 24.0. The van der Waals surface area contributed by atoms with Crippen LogP contribution >= 0.6 is 0 Å². The van der Waals surface area contributed by atoms with Gasteiger partial charge in [-0.15, -0.1) is 0 Å². The molecule has 0 saturated carbocycles. The van der Waals surface area contributed by atoms with Crippen molar-refractivity contribution in [2.75, 3.05) is 30.3 Å². The normalized spacial score (nSPS) is 9.88. The van der Waals surface area contributed by atoms with Gasteiger partial charge in [0.1, 0.15) is 12.4 Å². The van der Waals surface area contributed by atoms with E-state index >= 15 is 0 Å². The van der Waals surface area contributed by atoms with Crippen LogP contribution in [0.1, 0.15) is 17.3 Å². The molecule has 26 heavy (non-hydrogen) atoms. The van der Waals surface area contributed by atoms with Crippen molar-refractivity contribution in [3.05, 3.63) is 66.7 Å². The summed E-state index contributed by atoms with van der Waals surface area (Å²) in [5, 5.41) is 8.55. The minimum atomic E-state index is -0.225. The number of carbonyl (C=O) groups excluding carboxylic acids is 2. The van der Waals surface area contributed by atoms with E-state index in [1.54, 1.807) is 30.3 Å². The molecule has 0 heterocycles. The second kappa shape index (κ2) is 9.88. The summed E-state index contributed by atoms with van der Waals surface area (Å²) >= 11 is 0. The fraction of sp³-hybridized carbons (Fsp3) is 0.200. The molecule has 0 aliphatic carbocycles. The van der Waals surface area contributed by atoms with Crippen molar-refractivity contribution >= 4 is 23.2 Å². The Labute approximate surface area is 153 Å². The number of nitrogens with one attached hydrogen (secondary N) is 3. The second-order valence-corrected chi connectivity index (χ2v) is 5.44. The highest BCUT2D eigenvalue weighted by Gasteiger charge is 2.08. The Kier molecular flexibility index (Phi) is 7.24. The molecule has 2 amide bonds. The third kappa shape index (κ3) is 5.66. The van der Waals surface area contributed by atoms with Crippen molar-refractivity contribution in [3.63, 3.8) is 0 Å². The van der Waals surface area contributed by atoms with Crippen molar-refractivity contribution < 1.29 is 14.3 Å². The molecule has 0 bridgehead atoms. The van der Waals surface area contributed by atoms with Gasteiger partial charge in [0.25, 0.3) is 5.91 Å². The minimum Gasteiger partial charge on any atom is -0.487 e. The number of rotatable bonds is 9. The van der Waals surface area contributed by atoms with Crippen molar-refractivity contribution in [2.24, 2.45) is 0 Å². The molecular formula is C20H23N3O3. The summed E-state index contributed by atoms with van der Waals surface area (Å²) in [6.45, 7) is 6.48. The minimum absolute atomic E-state index is 0.0693. The SMILES string of the molecule is C=CCOc1ccccc1NCC(=O)Nc1cccc(C(=O)NCC)c1. The first-order chi connectivity index (χ1) is 12.6. The van der Waals surface area contributed by atoms with E-state index in [2.05, 4.69) is 22.5 Å². The molecular weight excluding hydrogens is 330 g/mol. The smallest absolute Gasteiger partial charge is 0.251 e. The number of para-hydroxylation sites is 2. The first kappa shape index (κ1) is 19.1. The Bertz CT molecular complexity index is 774. The highest BCUT2D eigenvalue weighted by molar-refractivity contribution is 5.98. The van der Waals surface area contributed by atoms with Crippen LogP contribution in [-0.4, -0.2) is 31.5 Å². The van der Waals surface area contributed by atoms with E-state index in [9.17, 15) is 9.59 Å². The van der Waals surface area contributed by atoms with Crippen LogP contribution in [0.4, 0.5) is 11.4 Å². The molecule has 0 atom stereocenters. The fourth-order valence-corrected chi connectivity index (χ4v) is 2.27. The average Bonchev–Trinajstić information content (AvgIpc) is 2.65. The Morgan fingerprint density at radius 3 is 2.73 bits per heavy atom. The van der Waals surface area contributed by atoms with Gasteiger partial charge in [0, 0.05) is 17.8 Å².